The number of aliphatic hydroxyl groups is 1. The smallest absolute Gasteiger partial charge is 0.229 e. The minimum Gasteiger partial charge on any atom is -0.391 e. The van der Waals surface area contributed by atoms with Gasteiger partial charge in [0, 0.05) is 31.6 Å². The highest BCUT2D eigenvalue weighted by Gasteiger charge is 2.42. The number of nitrogens with zero attached hydrogens (tertiary/aromatic N) is 5. The van der Waals surface area contributed by atoms with E-state index in [0.29, 0.717) is 41.2 Å². The van der Waals surface area contributed by atoms with Crippen molar-refractivity contribution in [1.82, 2.24) is 24.1 Å². The van der Waals surface area contributed by atoms with E-state index in [1.165, 1.54) is 0 Å². The van der Waals surface area contributed by atoms with Gasteiger partial charge in [0.15, 0.2) is 5.82 Å². The van der Waals surface area contributed by atoms with Crippen LogP contribution < -0.4 is 10.6 Å². The summed E-state index contributed by atoms with van der Waals surface area (Å²) in [5.74, 6) is 2.17. The van der Waals surface area contributed by atoms with Crippen molar-refractivity contribution in [2.45, 2.75) is 38.5 Å². The first kappa shape index (κ1) is 20.5. The molecule has 11 heteroatoms. The Balaban J connectivity index is 1.38. The Morgan fingerprint density at radius 3 is 2.72 bits per heavy atom. The van der Waals surface area contributed by atoms with Crippen LogP contribution in [0.25, 0.3) is 0 Å². The van der Waals surface area contributed by atoms with Crippen molar-refractivity contribution in [3.05, 3.63) is 23.6 Å². The Kier molecular flexibility index (Phi) is 6.05. The van der Waals surface area contributed by atoms with E-state index in [1.807, 2.05) is 0 Å². The van der Waals surface area contributed by atoms with Gasteiger partial charge in [0.05, 0.1) is 41.7 Å². The summed E-state index contributed by atoms with van der Waals surface area (Å²) in [5, 5.41) is 20.7. The van der Waals surface area contributed by atoms with E-state index in [9.17, 15) is 9.32 Å². The fourth-order valence-electron chi connectivity index (χ4n) is 4.23. The predicted octanol–water partition coefficient (Wildman–Crippen LogP) is 1.87. The Morgan fingerprint density at radius 1 is 1.34 bits per heavy atom. The number of hydrogen-bond donors (Lipinski definition) is 3. The summed E-state index contributed by atoms with van der Waals surface area (Å²) in [6.45, 7) is 3.92. The molecule has 0 aromatic carbocycles. The summed E-state index contributed by atoms with van der Waals surface area (Å²) >= 11 is 6.32. The van der Waals surface area contributed by atoms with Gasteiger partial charge >= 0.3 is 0 Å². The third kappa shape index (κ3) is 4.88. The third-order valence-electron chi connectivity index (χ3n) is 5.51. The van der Waals surface area contributed by atoms with E-state index in [4.69, 9.17) is 11.6 Å². The largest absolute Gasteiger partial charge is 0.391 e. The SMILES string of the molecule is CC(O)Cn1cc(Nc2ncc(Cl)c(NC3CC4CN(S(C)=O)CC4C3)n2)cn1. The number of halogens is 1. The summed E-state index contributed by atoms with van der Waals surface area (Å²) in [6, 6.07) is 0.298. The van der Waals surface area contributed by atoms with Crippen molar-refractivity contribution in [1.29, 1.82) is 0 Å². The molecule has 0 bridgehead atoms. The molecule has 0 amide bonds. The molecule has 29 heavy (non-hydrogen) atoms. The highest BCUT2D eigenvalue weighted by Crippen LogP contribution is 2.40. The van der Waals surface area contributed by atoms with Crippen molar-refractivity contribution in [3.63, 3.8) is 0 Å². The van der Waals surface area contributed by atoms with Crippen LogP contribution in [0.1, 0.15) is 19.8 Å². The number of fused-ring (bicyclic) bond motifs is 1. The van der Waals surface area contributed by atoms with Crippen molar-refractivity contribution in [2.24, 2.45) is 11.8 Å². The zero-order valence-electron chi connectivity index (χ0n) is 16.5. The van der Waals surface area contributed by atoms with Crippen LogP contribution in [0, 0.1) is 11.8 Å². The van der Waals surface area contributed by atoms with E-state index in [1.54, 1.807) is 36.5 Å². The van der Waals surface area contributed by atoms with Gasteiger partial charge in [0.25, 0.3) is 0 Å². The zero-order valence-corrected chi connectivity index (χ0v) is 18.0. The lowest BCUT2D eigenvalue weighted by molar-refractivity contribution is 0.168. The molecule has 4 atom stereocenters. The van der Waals surface area contributed by atoms with Crippen LogP contribution in [0.4, 0.5) is 17.5 Å². The van der Waals surface area contributed by atoms with E-state index in [2.05, 4.69) is 30.0 Å². The number of anilines is 3. The molecule has 2 aliphatic rings. The molecule has 4 unspecified atom stereocenters. The van der Waals surface area contributed by atoms with Gasteiger partial charge in [-0.15, -0.1) is 0 Å². The average Bonchev–Trinajstić information content (AvgIpc) is 3.32. The summed E-state index contributed by atoms with van der Waals surface area (Å²) < 4.78 is 15.4. The Labute approximate surface area is 177 Å². The molecule has 1 aliphatic heterocycles. The van der Waals surface area contributed by atoms with Gasteiger partial charge in [0.2, 0.25) is 5.95 Å². The van der Waals surface area contributed by atoms with E-state index >= 15 is 0 Å². The van der Waals surface area contributed by atoms with E-state index < -0.39 is 17.1 Å². The molecule has 3 N–H and O–H groups in total. The summed E-state index contributed by atoms with van der Waals surface area (Å²) in [4.78, 5) is 8.77. The first-order valence-corrected chi connectivity index (χ1v) is 11.6. The minimum atomic E-state index is -0.885. The Hall–Kier alpha value is -1.75. The number of aromatic nitrogens is 4. The van der Waals surface area contributed by atoms with Crippen molar-refractivity contribution in [3.8, 4) is 0 Å². The van der Waals surface area contributed by atoms with Crippen LogP contribution >= 0.6 is 11.6 Å². The Bertz CT molecular complexity index is 879. The molecule has 0 spiro atoms. The van der Waals surface area contributed by atoms with Crippen molar-refractivity contribution in [2.75, 3.05) is 30.0 Å². The molecule has 9 nitrogen and oxygen atoms in total. The highest BCUT2D eigenvalue weighted by atomic mass is 35.5. The van der Waals surface area contributed by atoms with E-state index in [0.717, 1.165) is 31.6 Å². The van der Waals surface area contributed by atoms with Gasteiger partial charge in [-0.1, -0.05) is 11.6 Å². The standard InChI is InChI=1S/C18H26ClN7O2S/c1-11(27)7-25-10-15(5-21-25)23-18-20-6-16(19)17(24-18)22-14-3-12-8-26(29(2)28)9-13(12)4-14/h5-6,10-14,27H,3-4,7-9H2,1-2H3,(H2,20,22,23,24). The quantitative estimate of drug-likeness (QED) is 0.604. The van der Waals surface area contributed by atoms with Crippen molar-refractivity contribution >= 4 is 40.0 Å². The molecule has 3 heterocycles. The van der Waals surface area contributed by atoms with Crippen LogP contribution in [-0.2, 0) is 17.5 Å². The molecule has 158 valence electrons. The summed E-state index contributed by atoms with van der Waals surface area (Å²) in [7, 11) is -0.885. The fourth-order valence-corrected chi connectivity index (χ4v) is 5.18. The monoisotopic (exact) mass is 439 g/mol. The molecule has 4 rings (SSSR count). The molecule has 2 fully saturated rings. The van der Waals surface area contributed by atoms with Crippen LogP contribution in [0.5, 0.6) is 0 Å². The lowest BCUT2D eigenvalue weighted by Crippen LogP contribution is -2.26. The van der Waals surface area contributed by atoms with E-state index in [-0.39, 0.29) is 0 Å². The minimum absolute atomic E-state index is 0.298. The third-order valence-corrected chi connectivity index (χ3v) is 6.81. The molecule has 1 saturated heterocycles. The number of aliphatic hydroxyl groups excluding tert-OH is 1. The summed E-state index contributed by atoms with van der Waals surface area (Å²) in [5.41, 5.74) is 0.738. The maximum absolute atomic E-state index is 11.7. The van der Waals surface area contributed by atoms with Crippen LogP contribution in [-0.4, -0.2) is 64.9 Å². The Morgan fingerprint density at radius 2 is 2.07 bits per heavy atom. The predicted molar refractivity (Wildman–Crippen MR) is 113 cm³/mol. The van der Waals surface area contributed by atoms with Crippen molar-refractivity contribution < 1.29 is 9.32 Å². The number of hydrogen-bond acceptors (Lipinski definition) is 7. The molecule has 0 radical (unpaired) electrons. The molecular formula is C18H26ClN7O2S. The molecule has 2 aromatic rings. The number of rotatable bonds is 7. The maximum atomic E-state index is 11.7. The zero-order chi connectivity index (χ0) is 20.5. The lowest BCUT2D eigenvalue weighted by Gasteiger charge is -2.18. The maximum Gasteiger partial charge on any atom is 0.229 e. The second-order valence-electron chi connectivity index (χ2n) is 7.92. The van der Waals surface area contributed by atoms with Gasteiger partial charge < -0.3 is 15.7 Å². The topological polar surface area (TPSA) is 108 Å². The fraction of sp³-hybridized carbons (Fsp3) is 0.611. The average molecular weight is 440 g/mol. The second-order valence-corrected chi connectivity index (χ2v) is 9.69. The number of nitrogens with one attached hydrogen (secondary N) is 2. The van der Waals surface area contributed by atoms with Gasteiger partial charge in [0.1, 0.15) is 5.02 Å². The first-order valence-electron chi connectivity index (χ1n) is 9.72. The normalized spacial score (nSPS) is 26.3. The first-order chi connectivity index (χ1) is 13.9. The van der Waals surface area contributed by atoms with Crippen LogP contribution in [0.15, 0.2) is 18.6 Å². The highest BCUT2D eigenvalue weighted by molar-refractivity contribution is 7.81. The van der Waals surface area contributed by atoms with Gasteiger partial charge in [-0.25, -0.2) is 13.5 Å². The van der Waals surface area contributed by atoms with Gasteiger partial charge in [-0.2, -0.15) is 10.1 Å². The lowest BCUT2D eigenvalue weighted by atomic mass is 10.0. The van der Waals surface area contributed by atoms with Crippen LogP contribution in [0.3, 0.4) is 0 Å². The second kappa shape index (κ2) is 8.55. The van der Waals surface area contributed by atoms with Crippen LogP contribution in [0.2, 0.25) is 5.02 Å². The summed E-state index contributed by atoms with van der Waals surface area (Å²) in [6.07, 6.45) is 8.35. The molecule has 1 aliphatic carbocycles. The molecule has 1 saturated carbocycles. The molecule has 2 aromatic heterocycles. The molecular weight excluding hydrogens is 414 g/mol. The van der Waals surface area contributed by atoms with Gasteiger partial charge in [-0.05, 0) is 31.6 Å². The van der Waals surface area contributed by atoms with Gasteiger partial charge in [-0.3, -0.25) is 4.68 Å².